The van der Waals surface area contributed by atoms with E-state index in [4.69, 9.17) is 9.15 Å². The summed E-state index contributed by atoms with van der Waals surface area (Å²) in [6.45, 7) is 5.50. The molecule has 0 spiro atoms. The van der Waals surface area contributed by atoms with Crippen molar-refractivity contribution < 1.29 is 22.4 Å². The van der Waals surface area contributed by atoms with Crippen molar-refractivity contribution >= 4 is 27.0 Å². The lowest BCUT2D eigenvalue weighted by Gasteiger charge is -2.11. The van der Waals surface area contributed by atoms with E-state index in [1.807, 2.05) is 13.8 Å². The number of aryl methyl sites for hydroxylation is 3. The standard InChI is InChI=1S/C23H25NO6S/c1-4-5-17-14-22(26)30-23-16(3)20(11-10-19(17)23)29-21(25)12-13-24-31(27,28)18-8-6-15(2)7-9-18/h6-11,14,24H,4-5,12-13H2,1-3H3. The molecule has 164 valence electrons. The van der Waals surface area contributed by atoms with E-state index in [1.54, 1.807) is 31.2 Å². The molecule has 0 aliphatic carbocycles. The number of nitrogens with one attached hydrogen (secondary N) is 1. The molecule has 31 heavy (non-hydrogen) atoms. The van der Waals surface area contributed by atoms with Crippen molar-refractivity contribution in [2.24, 2.45) is 0 Å². The first-order valence-electron chi connectivity index (χ1n) is 10.0. The first-order chi connectivity index (χ1) is 14.7. The van der Waals surface area contributed by atoms with Crippen molar-refractivity contribution in [2.75, 3.05) is 6.54 Å². The van der Waals surface area contributed by atoms with Crippen molar-refractivity contribution in [3.8, 4) is 5.75 Å². The number of ether oxygens (including phenoxy) is 1. The molecule has 1 heterocycles. The van der Waals surface area contributed by atoms with Crippen molar-refractivity contribution in [3.05, 3.63) is 69.6 Å². The van der Waals surface area contributed by atoms with Crippen LogP contribution in [0.3, 0.4) is 0 Å². The largest absolute Gasteiger partial charge is 0.426 e. The van der Waals surface area contributed by atoms with Gasteiger partial charge in [-0.05, 0) is 50.1 Å². The van der Waals surface area contributed by atoms with E-state index in [0.29, 0.717) is 11.1 Å². The summed E-state index contributed by atoms with van der Waals surface area (Å²) in [6, 6.07) is 11.3. The number of fused-ring (bicyclic) bond motifs is 1. The zero-order valence-electron chi connectivity index (χ0n) is 17.7. The molecule has 2 aromatic carbocycles. The van der Waals surface area contributed by atoms with E-state index in [9.17, 15) is 18.0 Å². The summed E-state index contributed by atoms with van der Waals surface area (Å²) in [5.41, 5.74) is 2.32. The lowest BCUT2D eigenvalue weighted by molar-refractivity contribution is -0.134. The second kappa shape index (κ2) is 9.45. The Labute approximate surface area is 181 Å². The monoisotopic (exact) mass is 443 g/mol. The molecule has 3 rings (SSSR count). The second-order valence-electron chi connectivity index (χ2n) is 7.34. The average Bonchev–Trinajstić information content (AvgIpc) is 2.71. The molecule has 0 amide bonds. The number of rotatable bonds is 8. The van der Waals surface area contributed by atoms with Gasteiger partial charge in [-0.1, -0.05) is 31.0 Å². The number of carbonyl (C=O) groups is 1. The SMILES string of the molecule is CCCc1cc(=O)oc2c(C)c(OC(=O)CCNS(=O)(=O)c3ccc(C)cc3)ccc12. The number of hydrogen-bond donors (Lipinski definition) is 1. The molecule has 0 saturated carbocycles. The molecule has 0 unspecified atom stereocenters. The van der Waals surface area contributed by atoms with Crippen LogP contribution in [-0.4, -0.2) is 20.9 Å². The summed E-state index contributed by atoms with van der Waals surface area (Å²) in [7, 11) is -3.71. The van der Waals surface area contributed by atoms with Gasteiger partial charge in [0.2, 0.25) is 10.0 Å². The quantitative estimate of drug-likeness (QED) is 0.324. The minimum absolute atomic E-state index is 0.0998. The van der Waals surface area contributed by atoms with Crippen molar-refractivity contribution in [1.29, 1.82) is 0 Å². The molecule has 0 saturated heterocycles. The first-order valence-corrected chi connectivity index (χ1v) is 11.5. The molecule has 0 bridgehead atoms. The maximum atomic E-state index is 12.3. The molecule has 0 fully saturated rings. The third-order valence-corrected chi connectivity index (χ3v) is 6.37. The molecular weight excluding hydrogens is 418 g/mol. The van der Waals surface area contributed by atoms with E-state index in [2.05, 4.69) is 4.72 Å². The molecule has 1 aromatic heterocycles. The highest BCUT2D eigenvalue weighted by Gasteiger charge is 2.16. The van der Waals surface area contributed by atoms with E-state index >= 15 is 0 Å². The Balaban J connectivity index is 1.68. The topological polar surface area (TPSA) is 103 Å². The number of carbonyl (C=O) groups excluding carboxylic acids is 1. The predicted octanol–water partition coefficient (Wildman–Crippen LogP) is 3.64. The summed E-state index contributed by atoms with van der Waals surface area (Å²) in [6.07, 6.45) is 1.47. The van der Waals surface area contributed by atoms with Crippen LogP contribution >= 0.6 is 0 Å². The number of sulfonamides is 1. The maximum Gasteiger partial charge on any atom is 0.336 e. The Morgan fingerprint density at radius 2 is 1.81 bits per heavy atom. The van der Waals surface area contributed by atoms with Crippen LogP contribution in [0, 0.1) is 13.8 Å². The first kappa shape index (κ1) is 22.7. The van der Waals surface area contributed by atoms with Crippen LogP contribution in [0.25, 0.3) is 11.0 Å². The van der Waals surface area contributed by atoms with Crippen LogP contribution in [0.2, 0.25) is 0 Å². The summed E-state index contributed by atoms with van der Waals surface area (Å²) in [5.74, 6) is -0.322. The normalized spacial score (nSPS) is 11.6. The highest BCUT2D eigenvalue weighted by atomic mass is 32.2. The van der Waals surface area contributed by atoms with Gasteiger partial charge >= 0.3 is 11.6 Å². The predicted molar refractivity (Wildman–Crippen MR) is 118 cm³/mol. The molecule has 7 nitrogen and oxygen atoms in total. The Bertz CT molecular complexity index is 1260. The summed E-state index contributed by atoms with van der Waals surface area (Å²) < 4.78 is 37.7. The zero-order valence-corrected chi connectivity index (χ0v) is 18.5. The molecule has 0 aliphatic rings. The number of benzene rings is 2. The van der Waals surface area contributed by atoms with Gasteiger partial charge in [0.1, 0.15) is 11.3 Å². The van der Waals surface area contributed by atoms with Gasteiger partial charge in [-0.15, -0.1) is 0 Å². The highest BCUT2D eigenvalue weighted by Crippen LogP contribution is 2.29. The molecule has 0 aliphatic heterocycles. The van der Waals surface area contributed by atoms with Crippen LogP contribution in [0.5, 0.6) is 5.75 Å². The van der Waals surface area contributed by atoms with Crippen molar-refractivity contribution in [2.45, 2.75) is 44.9 Å². The number of hydrogen-bond acceptors (Lipinski definition) is 6. The van der Waals surface area contributed by atoms with E-state index < -0.39 is 21.6 Å². The molecule has 8 heteroatoms. The highest BCUT2D eigenvalue weighted by molar-refractivity contribution is 7.89. The molecule has 3 aromatic rings. The third-order valence-electron chi connectivity index (χ3n) is 4.89. The molecule has 0 radical (unpaired) electrons. The summed E-state index contributed by atoms with van der Waals surface area (Å²) >= 11 is 0. The average molecular weight is 444 g/mol. The fourth-order valence-corrected chi connectivity index (χ4v) is 4.29. The van der Waals surface area contributed by atoms with E-state index in [1.165, 1.54) is 18.2 Å². The molecule has 1 N–H and O–H groups in total. The Morgan fingerprint density at radius 3 is 2.48 bits per heavy atom. The van der Waals surface area contributed by atoms with Crippen LogP contribution < -0.4 is 15.1 Å². The summed E-state index contributed by atoms with van der Waals surface area (Å²) in [4.78, 5) is 24.3. The second-order valence-corrected chi connectivity index (χ2v) is 9.11. The van der Waals surface area contributed by atoms with Gasteiger partial charge in [-0.25, -0.2) is 17.9 Å². The minimum atomic E-state index is -3.71. The third kappa shape index (κ3) is 5.39. The molecular formula is C23H25NO6S. The van der Waals surface area contributed by atoms with E-state index in [0.717, 1.165) is 29.4 Å². The lowest BCUT2D eigenvalue weighted by Crippen LogP contribution is -2.27. The van der Waals surface area contributed by atoms with Crippen LogP contribution in [0.15, 0.2) is 56.6 Å². The lowest BCUT2D eigenvalue weighted by atomic mass is 10.0. The van der Waals surface area contributed by atoms with Gasteiger partial charge in [-0.3, -0.25) is 4.79 Å². The fourth-order valence-electron chi connectivity index (χ4n) is 3.26. The van der Waals surface area contributed by atoms with E-state index in [-0.39, 0.29) is 23.6 Å². The fraction of sp³-hybridized carbons (Fsp3) is 0.304. The number of esters is 1. The zero-order chi connectivity index (χ0) is 22.6. The minimum Gasteiger partial charge on any atom is -0.426 e. The smallest absolute Gasteiger partial charge is 0.336 e. The van der Waals surface area contributed by atoms with Gasteiger partial charge in [0.25, 0.3) is 0 Å². The van der Waals surface area contributed by atoms with Gasteiger partial charge in [0.05, 0.1) is 11.3 Å². The van der Waals surface area contributed by atoms with Crippen LogP contribution in [0.1, 0.15) is 36.5 Å². The van der Waals surface area contributed by atoms with Crippen molar-refractivity contribution in [3.63, 3.8) is 0 Å². The maximum absolute atomic E-state index is 12.3. The van der Waals surface area contributed by atoms with Crippen molar-refractivity contribution in [1.82, 2.24) is 4.72 Å². The van der Waals surface area contributed by atoms with Gasteiger partial charge in [0, 0.05) is 23.6 Å². The Kier molecular flexibility index (Phi) is 6.92. The Morgan fingerprint density at radius 1 is 1.10 bits per heavy atom. The van der Waals surface area contributed by atoms with Gasteiger partial charge in [0.15, 0.2) is 0 Å². The van der Waals surface area contributed by atoms with Gasteiger partial charge in [-0.2, -0.15) is 0 Å². The Hall–Kier alpha value is -2.97. The summed E-state index contributed by atoms with van der Waals surface area (Å²) in [5, 5.41) is 0.810. The van der Waals surface area contributed by atoms with Gasteiger partial charge < -0.3 is 9.15 Å². The van der Waals surface area contributed by atoms with Crippen LogP contribution in [-0.2, 0) is 21.2 Å². The molecule has 0 atom stereocenters. The van der Waals surface area contributed by atoms with Crippen LogP contribution in [0.4, 0.5) is 0 Å².